The van der Waals surface area contributed by atoms with E-state index in [-0.39, 0.29) is 5.75 Å². The van der Waals surface area contributed by atoms with Gasteiger partial charge in [-0.2, -0.15) is 0 Å². The first-order valence-corrected chi connectivity index (χ1v) is 6.27. The van der Waals surface area contributed by atoms with Crippen LogP contribution in [-0.4, -0.2) is 32.0 Å². The van der Waals surface area contributed by atoms with Gasteiger partial charge >= 0.3 is 0 Å². The van der Waals surface area contributed by atoms with Crippen LogP contribution < -0.4 is 10.1 Å². The first-order valence-electron chi connectivity index (χ1n) is 6.27. The van der Waals surface area contributed by atoms with E-state index in [2.05, 4.69) is 19.2 Å². The first kappa shape index (κ1) is 14.8. The molecule has 0 unspecified atom stereocenters. The number of hydrogen-bond acceptors (Lipinski definition) is 4. The summed E-state index contributed by atoms with van der Waals surface area (Å²) in [5.74, 6) is 1.25. The van der Waals surface area contributed by atoms with E-state index in [0.717, 1.165) is 25.3 Å². The standard InChI is InChI=1S/C14H23NO3/c1-11(2)10-18-7-6-15-9-12-4-5-13(16)14(8-12)17-3/h4-5,8,11,15-16H,6-7,9-10H2,1-3H3. The summed E-state index contributed by atoms with van der Waals surface area (Å²) >= 11 is 0. The number of aromatic hydroxyl groups is 1. The van der Waals surface area contributed by atoms with E-state index in [9.17, 15) is 5.11 Å². The third-order valence-corrected chi connectivity index (χ3v) is 2.45. The summed E-state index contributed by atoms with van der Waals surface area (Å²) in [6.07, 6.45) is 0. The second-order valence-electron chi connectivity index (χ2n) is 4.65. The third-order valence-electron chi connectivity index (χ3n) is 2.45. The SMILES string of the molecule is COc1cc(CNCCOCC(C)C)ccc1O. The molecule has 0 aromatic heterocycles. The first-order chi connectivity index (χ1) is 8.63. The molecule has 0 aliphatic rings. The average molecular weight is 253 g/mol. The van der Waals surface area contributed by atoms with Crippen LogP contribution in [0.15, 0.2) is 18.2 Å². The fourth-order valence-electron chi connectivity index (χ4n) is 1.53. The van der Waals surface area contributed by atoms with Crippen molar-refractivity contribution in [2.75, 3.05) is 26.9 Å². The van der Waals surface area contributed by atoms with Crippen molar-refractivity contribution in [3.8, 4) is 11.5 Å². The lowest BCUT2D eigenvalue weighted by Crippen LogP contribution is -2.20. The summed E-state index contributed by atoms with van der Waals surface area (Å²) < 4.78 is 10.5. The molecule has 1 rings (SSSR count). The number of hydrogen-bond donors (Lipinski definition) is 2. The van der Waals surface area contributed by atoms with E-state index in [0.29, 0.717) is 18.3 Å². The molecule has 2 N–H and O–H groups in total. The number of methoxy groups -OCH3 is 1. The fraction of sp³-hybridized carbons (Fsp3) is 0.571. The number of nitrogens with one attached hydrogen (secondary N) is 1. The molecular formula is C14H23NO3. The number of rotatable bonds is 8. The third kappa shape index (κ3) is 5.38. The zero-order chi connectivity index (χ0) is 13.4. The van der Waals surface area contributed by atoms with Gasteiger partial charge in [-0.25, -0.2) is 0 Å². The molecule has 0 fully saturated rings. The minimum absolute atomic E-state index is 0.168. The lowest BCUT2D eigenvalue weighted by molar-refractivity contribution is 0.111. The molecule has 0 aliphatic heterocycles. The van der Waals surface area contributed by atoms with Gasteiger partial charge in [0.1, 0.15) is 0 Å². The quantitative estimate of drug-likeness (QED) is 0.697. The van der Waals surface area contributed by atoms with Crippen molar-refractivity contribution in [1.29, 1.82) is 0 Å². The lowest BCUT2D eigenvalue weighted by Gasteiger charge is -2.09. The summed E-state index contributed by atoms with van der Waals surface area (Å²) in [7, 11) is 1.55. The van der Waals surface area contributed by atoms with Crippen LogP contribution >= 0.6 is 0 Å². The van der Waals surface area contributed by atoms with Gasteiger partial charge in [-0.3, -0.25) is 0 Å². The summed E-state index contributed by atoms with van der Waals surface area (Å²) in [6.45, 7) is 7.34. The molecule has 18 heavy (non-hydrogen) atoms. The van der Waals surface area contributed by atoms with Crippen molar-refractivity contribution < 1.29 is 14.6 Å². The summed E-state index contributed by atoms with van der Waals surface area (Å²) in [4.78, 5) is 0. The molecule has 0 saturated carbocycles. The number of benzene rings is 1. The molecular weight excluding hydrogens is 230 g/mol. The second-order valence-corrected chi connectivity index (χ2v) is 4.65. The molecule has 0 spiro atoms. The maximum Gasteiger partial charge on any atom is 0.160 e. The Morgan fingerprint density at radius 3 is 2.78 bits per heavy atom. The molecule has 1 aromatic carbocycles. The van der Waals surface area contributed by atoms with Gasteiger partial charge in [0.05, 0.1) is 13.7 Å². The van der Waals surface area contributed by atoms with Crippen LogP contribution in [0.1, 0.15) is 19.4 Å². The highest BCUT2D eigenvalue weighted by Gasteiger charge is 2.02. The predicted molar refractivity (Wildman–Crippen MR) is 72.0 cm³/mol. The van der Waals surface area contributed by atoms with Crippen molar-refractivity contribution in [2.24, 2.45) is 5.92 Å². The molecule has 0 aliphatic carbocycles. The van der Waals surface area contributed by atoms with E-state index >= 15 is 0 Å². The Balaban J connectivity index is 2.23. The average Bonchev–Trinajstić information content (AvgIpc) is 2.35. The summed E-state index contributed by atoms with van der Waals surface area (Å²) in [5, 5.41) is 12.7. The molecule has 0 saturated heterocycles. The van der Waals surface area contributed by atoms with Crippen LogP contribution in [0.3, 0.4) is 0 Å². The van der Waals surface area contributed by atoms with Gasteiger partial charge in [-0.1, -0.05) is 19.9 Å². The van der Waals surface area contributed by atoms with Gasteiger partial charge in [-0.05, 0) is 23.6 Å². The second kappa shape index (κ2) is 7.95. The van der Waals surface area contributed by atoms with Crippen LogP contribution in [0.2, 0.25) is 0 Å². The van der Waals surface area contributed by atoms with Gasteiger partial charge in [0.15, 0.2) is 11.5 Å². The molecule has 0 bridgehead atoms. The maximum absolute atomic E-state index is 9.46. The van der Waals surface area contributed by atoms with Crippen LogP contribution in [-0.2, 0) is 11.3 Å². The van der Waals surface area contributed by atoms with Gasteiger partial charge in [-0.15, -0.1) is 0 Å². The molecule has 4 nitrogen and oxygen atoms in total. The smallest absolute Gasteiger partial charge is 0.160 e. The Labute approximate surface area is 109 Å². The van der Waals surface area contributed by atoms with Gasteiger partial charge in [0.2, 0.25) is 0 Å². The highest BCUT2D eigenvalue weighted by molar-refractivity contribution is 5.41. The molecule has 0 amide bonds. The van der Waals surface area contributed by atoms with Crippen molar-refractivity contribution >= 4 is 0 Å². The highest BCUT2D eigenvalue weighted by atomic mass is 16.5. The van der Waals surface area contributed by atoms with Crippen molar-refractivity contribution in [3.05, 3.63) is 23.8 Å². The molecule has 0 heterocycles. The molecule has 4 heteroatoms. The Bertz CT molecular complexity index is 353. The Hall–Kier alpha value is -1.26. The van der Waals surface area contributed by atoms with Crippen LogP contribution in [0, 0.1) is 5.92 Å². The van der Waals surface area contributed by atoms with Crippen LogP contribution in [0.4, 0.5) is 0 Å². The summed E-state index contributed by atoms with van der Waals surface area (Å²) in [6, 6.07) is 5.35. The van der Waals surface area contributed by atoms with Crippen LogP contribution in [0.25, 0.3) is 0 Å². The molecule has 0 radical (unpaired) electrons. The highest BCUT2D eigenvalue weighted by Crippen LogP contribution is 2.25. The van der Waals surface area contributed by atoms with E-state index in [1.807, 2.05) is 12.1 Å². The molecule has 102 valence electrons. The fourth-order valence-corrected chi connectivity index (χ4v) is 1.53. The molecule has 0 atom stereocenters. The predicted octanol–water partition coefficient (Wildman–Crippen LogP) is 2.16. The van der Waals surface area contributed by atoms with E-state index in [1.54, 1.807) is 13.2 Å². The minimum Gasteiger partial charge on any atom is -0.504 e. The van der Waals surface area contributed by atoms with Gasteiger partial charge in [0.25, 0.3) is 0 Å². The number of phenolic OH excluding ortho intramolecular Hbond substituents is 1. The minimum atomic E-state index is 0.168. The van der Waals surface area contributed by atoms with E-state index in [4.69, 9.17) is 9.47 Å². The van der Waals surface area contributed by atoms with E-state index in [1.165, 1.54) is 0 Å². The zero-order valence-electron chi connectivity index (χ0n) is 11.4. The monoisotopic (exact) mass is 253 g/mol. The lowest BCUT2D eigenvalue weighted by atomic mass is 10.2. The van der Waals surface area contributed by atoms with Gasteiger partial charge in [0, 0.05) is 19.7 Å². The maximum atomic E-state index is 9.46. The number of ether oxygens (including phenoxy) is 2. The zero-order valence-corrected chi connectivity index (χ0v) is 11.4. The summed E-state index contributed by atoms with van der Waals surface area (Å²) in [5.41, 5.74) is 1.08. The topological polar surface area (TPSA) is 50.7 Å². The normalized spacial score (nSPS) is 10.9. The van der Waals surface area contributed by atoms with Crippen LogP contribution in [0.5, 0.6) is 11.5 Å². The van der Waals surface area contributed by atoms with Crippen molar-refractivity contribution in [2.45, 2.75) is 20.4 Å². The Kier molecular flexibility index (Phi) is 6.54. The van der Waals surface area contributed by atoms with Gasteiger partial charge < -0.3 is 19.9 Å². The van der Waals surface area contributed by atoms with Crippen molar-refractivity contribution in [1.82, 2.24) is 5.32 Å². The largest absolute Gasteiger partial charge is 0.504 e. The Morgan fingerprint density at radius 1 is 1.33 bits per heavy atom. The van der Waals surface area contributed by atoms with Crippen molar-refractivity contribution in [3.63, 3.8) is 0 Å². The number of phenols is 1. The van der Waals surface area contributed by atoms with E-state index < -0.39 is 0 Å². The molecule has 1 aromatic rings. The Morgan fingerprint density at radius 2 is 2.11 bits per heavy atom.